The maximum absolute atomic E-state index is 5.63. The molecular formula is C14H23N3S. The van der Waals surface area contributed by atoms with Gasteiger partial charge in [0, 0.05) is 25.0 Å². The summed E-state index contributed by atoms with van der Waals surface area (Å²) in [7, 11) is 0. The molecule has 4 heteroatoms. The Morgan fingerprint density at radius 2 is 1.89 bits per heavy atom. The predicted octanol–water partition coefficient (Wildman–Crippen LogP) is 3.12. The first-order valence-electron chi connectivity index (χ1n) is 6.69. The van der Waals surface area contributed by atoms with Crippen LogP contribution in [0, 0.1) is 0 Å². The Balaban J connectivity index is 2.82. The molecule has 0 aliphatic heterocycles. The van der Waals surface area contributed by atoms with Gasteiger partial charge in [0.05, 0.1) is 5.69 Å². The zero-order chi connectivity index (χ0) is 13.4. The van der Waals surface area contributed by atoms with Gasteiger partial charge in [-0.15, -0.1) is 0 Å². The number of pyridine rings is 1. The van der Waals surface area contributed by atoms with Crippen LogP contribution in [0.1, 0.15) is 45.2 Å². The number of thiocarbonyl (C=S) groups is 1. The Labute approximate surface area is 115 Å². The van der Waals surface area contributed by atoms with Crippen LogP contribution in [0.4, 0.5) is 5.69 Å². The topological polar surface area (TPSA) is 42.2 Å². The van der Waals surface area contributed by atoms with Gasteiger partial charge in [0.2, 0.25) is 0 Å². The maximum atomic E-state index is 5.63. The summed E-state index contributed by atoms with van der Waals surface area (Å²) in [5, 5.41) is 0. The van der Waals surface area contributed by atoms with Gasteiger partial charge in [-0.1, -0.05) is 38.9 Å². The van der Waals surface area contributed by atoms with Crippen molar-refractivity contribution in [3.8, 4) is 0 Å². The lowest BCUT2D eigenvalue weighted by molar-refractivity contribution is 0.677. The van der Waals surface area contributed by atoms with E-state index in [0.717, 1.165) is 13.1 Å². The van der Waals surface area contributed by atoms with E-state index in [2.05, 4.69) is 23.7 Å². The molecule has 100 valence electrons. The lowest BCUT2D eigenvalue weighted by atomic mass is 10.2. The molecule has 0 spiro atoms. The van der Waals surface area contributed by atoms with Crippen LogP contribution in [0.15, 0.2) is 18.3 Å². The third-order valence-corrected chi connectivity index (χ3v) is 3.13. The molecule has 0 saturated heterocycles. The number of hydrogen-bond acceptors (Lipinski definition) is 3. The SMILES string of the molecule is CCCCN(CCCC)c1ccnc(C(N)=S)c1. The highest BCUT2D eigenvalue weighted by Gasteiger charge is 2.07. The Morgan fingerprint density at radius 1 is 1.28 bits per heavy atom. The standard InChI is InChI=1S/C14H23N3S/c1-3-5-9-17(10-6-4-2)12-7-8-16-13(11-12)14(15)18/h7-8,11H,3-6,9-10H2,1-2H3,(H2,15,18). The summed E-state index contributed by atoms with van der Waals surface area (Å²) in [6, 6.07) is 4.03. The number of aromatic nitrogens is 1. The van der Waals surface area contributed by atoms with Gasteiger partial charge in [-0.2, -0.15) is 0 Å². The minimum absolute atomic E-state index is 0.364. The molecule has 1 heterocycles. The fourth-order valence-corrected chi connectivity index (χ4v) is 1.93. The average molecular weight is 265 g/mol. The first-order chi connectivity index (χ1) is 8.69. The Bertz CT molecular complexity index is 371. The normalized spacial score (nSPS) is 10.3. The Morgan fingerprint density at radius 3 is 2.39 bits per heavy atom. The van der Waals surface area contributed by atoms with E-state index < -0.39 is 0 Å². The highest BCUT2D eigenvalue weighted by atomic mass is 32.1. The highest BCUT2D eigenvalue weighted by Crippen LogP contribution is 2.16. The summed E-state index contributed by atoms with van der Waals surface area (Å²) in [5.74, 6) is 0. The molecule has 0 atom stereocenters. The van der Waals surface area contributed by atoms with E-state index in [1.165, 1.54) is 31.4 Å². The second kappa shape index (κ2) is 8.03. The lowest BCUT2D eigenvalue weighted by Gasteiger charge is -2.24. The van der Waals surface area contributed by atoms with Crippen LogP contribution in [0.5, 0.6) is 0 Å². The van der Waals surface area contributed by atoms with E-state index in [9.17, 15) is 0 Å². The van der Waals surface area contributed by atoms with Gasteiger partial charge in [-0.05, 0) is 25.0 Å². The molecule has 0 radical (unpaired) electrons. The molecule has 0 fully saturated rings. The number of hydrogen-bond donors (Lipinski definition) is 1. The van der Waals surface area contributed by atoms with E-state index in [-0.39, 0.29) is 0 Å². The van der Waals surface area contributed by atoms with Gasteiger partial charge in [0.25, 0.3) is 0 Å². The summed E-state index contributed by atoms with van der Waals surface area (Å²) >= 11 is 4.98. The smallest absolute Gasteiger partial charge is 0.122 e. The summed E-state index contributed by atoms with van der Waals surface area (Å²) in [6.07, 6.45) is 6.60. The van der Waals surface area contributed by atoms with Crippen molar-refractivity contribution >= 4 is 22.9 Å². The van der Waals surface area contributed by atoms with Gasteiger partial charge in [0.1, 0.15) is 4.99 Å². The number of nitrogens with two attached hydrogens (primary N) is 1. The molecule has 1 rings (SSSR count). The van der Waals surface area contributed by atoms with Crippen molar-refractivity contribution in [2.24, 2.45) is 5.73 Å². The molecule has 0 saturated carbocycles. The lowest BCUT2D eigenvalue weighted by Crippen LogP contribution is -2.26. The largest absolute Gasteiger partial charge is 0.388 e. The highest BCUT2D eigenvalue weighted by molar-refractivity contribution is 7.80. The van der Waals surface area contributed by atoms with Crippen LogP contribution in [0.25, 0.3) is 0 Å². The number of unbranched alkanes of at least 4 members (excludes halogenated alkanes) is 2. The second-order valence-electron chi connectivity index (χ2n) is 4.46. The van der Waals surface area contributed by atoms with Crippen molar-refractivity contribution in [1.82, 2.24) is 4.98 Å². The Hall–Kier alpha value is -1.16. The van der Waals surface area contributed by atoms with E-state index in [4.69, 9.17) is 18.0 Å². The molecule has 2 N–H and O–H groups in total. The number of nitrogens with zero attached hydrogens (tertiary/aromatic N) is 2. The fourth-order valence-electron chi connectivity index (χ4n) is 1.82. The zero-order valence-corrected chi connectivity index (χ0v) is 12.2. The minimum Gasteiger partial charge on any atom is -0.388 e. The Kier molecular flexibility index (Phi) is 6.65. The predicted molar refractivity (Wildman–Crippen MR) is 82.2 cm³/mol. The van der Waals surface area contributed by atoms with Crippen LogP contribution in [0.2, 0.25) is 0 Å². The number of rotatable bonds is 8. The molecule has 0 bridgehead atoms. The summed E-state index contributed by atoms with van der Waals surface area (Å²) in [4.78, 5) is 6.95. The van der Waals surface area contributed by atoms with Crippen molar-refractivity contribution in [3.63, 3.8) is 0 Å². The second-order valence-corrected chi connectivity index (χ2v) is 4.90. The van der Waals surface area contributed by atoms with Crippen molar-refractivity contribution < 1.29 is 0 Å². The van der Waals surface area contributed by atoms with E-state index in [1.807, 2.05) is 12.1 Å². The third kappa shape index (κ3) is 4.61. The fraction of sp³-hybridized carbons (Fsp3) is 0.571. The van der Waals surface area contributed by atoms with E-state index in [0.29, 0.717) is 10.7 Å². The van der Waals surface area contributed by atoms with Gasteiger partial charge in [-0.3, -0.25) is 4.98 Å². The first-order valence-corrected chi connectivity index (χ1v) is 7.10. The summed E-state index contributed by atoms with van der Waals surface area (Å²) < 4.78 is 0. The van der Waals surface area contributed by atoms with Crippen LogP contribution in [-0.2, 0) is 0 Å². The molecule has 0 aliphatic rings. The van der Waals surface area contributed by atoms with Crippen LogP contribution in [0.3, 0.4) is 0 Å². The van der Waals surface area contributed by atoms with Gasteiger partial charge < -0.3 is 10.6 Å². The molecule has 3 nitrogen and oxygen atoms in total. The molecule has 1 aromatic rings. The van der Waals surface area contributed by atoms with E-state index >= 15 is 0 Å². The van der Waals surface area contributed by atoms with Gasteiger partial charge >= 0.3 is 0 Å². The molecular weight excluding hydrogens is 242 g/mol. The van der Waals surface area contributed by atoms with Crippen LogP contribution < -0.4 is 10.6 Å². The van der Waals surface area contributed by atoms with Crippen molar-refractivity contribution in [3.05, 3.63) is 24.0 Å². The monoisotopic (exact) mass is 265 g/mol. The van der Waals surface area contributed by atoms with Crippen molar-refractivity contribution in [1.29, 1.82) is 0 Å². The molecule has 18 heavy (non-hydrogen) atoms. The van der Waals surface area contributed by atoms with Crippen molar-refractivity contribution in [2.75, 3.05) is 18.0 Å². The molecule has 0 unspecified atom stereocenters. The third-order valence-electron chi connectivity index (χ3n) is 2.92. The molecule has 1 aromatic heterocycles. The van der Waals surface area contributed by atoms with Crippen LogP contribution >= 0.6 is 12.2 Å². The maximum Gasteiger partial charge on any atom is 0.122 e. The van der Waals surface area contributed by atoms with Crippen molar-refractivity contribution in [2.45, 2.75) is 39.5 Å². The number of anilines is 1. The quantitative estimate of drug-likeness (QED) is 0.733. The van der Waals surface area contributed by atoms with Gasteiger partial charge in [0.15, 0.2) is 0 Å². The average Bonchev–Trinajstić information content (AvgIpc) is 2.39. The summed E-state index contributed by atoms with van der Waals surface area (Å²) in [6.45, 7) is 6.59. The summed E-state index contributed by atoms with van der Waals surface area (Å²) in [5.41, 5.74) is 7.52. The minimum atomic E-state index is 0.364. The zero-order valence-electron chi connectivity index (χ0n) is 11.4. The van der Waals surface area contributed by atoms with Gasteiger partial charge in [-0.25, -0.2) is 0 Å². The molecule has 0 aliphatic carbocycles. The molecule has 0 aromatic carbocycles. The van der Waals surface area contributed by atoms with E-state index in [1.54, 1.807) is 6.20 Å². The first kappa shape index (κ1) is 14.9. The van der Waals surface area contributed by atoms with Crippen LogP contribution in [-0.4, -0.2) is 23.1 Å². The molecule has 0 amide bonds.